The van der Waals surface area contributed by atoms with Crippen LogP contribution in [0, 0.1) is 0 Å². The second-order valence-electron chi connectivity index (χ2n) is 6.99. The molecule has 2 N–H and O–H groups in total. The van der Waals surface area contributed by atoms with Crippen molar-refractivity contribution in [3.63, 3.8) is 0 Å². The Labute approximate surface area is 188 Å². The number of anilines is 1. The molecule has 0 unspecified atom stereocenters. The van der Waals surface area contributed by atoms with Crippen molar-refractivity contribution in [1.82, 2.24) is 9.97 Å². The molecule has 0 saturated heterocycles. The van der Waals surface area contributed by atoms with E-state index in [0.717, 1.165) is 11.1 Å². The van der Waals surface area contributed by atoms with Gasteiger partial charge in [-0.1, -0.05) is 66.3 Å². The highest BCUT2D eigenvalue weighted by Crippen LogP contribution is 2.38. The summed E-state index contributed by atoms with van der Waals surface area (Å²) in [5.74, 6) is 0.879. The third kappa shape index (κ3) is 4.84. The summed E-state index contributed by atoms with van der Waals surface area (Å²) in [5, 5.41) is 3.86. The molecule has 1 amide bonds. The van der Waals surface area contributed by atoms with Crippen LogP contribution in [0.2, 0.25) is 5.02 Å². The monoisotopic (exact) mass is 453 g/mol. The van der Waals surface area contributed by atoms with E-state index in [-0.39, 0.29) is 17.9 Å². The number of H-pyrrole nitrogens is 1. The van der Waals surface area contributed by atoms with Crippen LogP contribution in [0.3, 0.4) is 0 Å². The summed E-state index contributed by atoms with van der Waals surface area (Å²) < 4.78 is 5.75. The topological polar surface area (TPSA) is 84.1 Å². The highest BCUT2D eigenvalue weighted by molar-refractivity contribution is 7.98. The Bertz CT molecular complexity index is 1180. The molecule has 0 saturated carbocycles. The number of aromatic nitrogens is 2. The molecule has 3 aromatic rings. The van der Waals surface area contributed by atoms with Crippen LogP contribution in [0.5, 0.6) is 5.75 Å². The predicted octanol–water partition coefficient (Wildman–Crippen LogP) is 4.75. The fourth-order valence-electron chi connectivity index (χ4n) is 3.47. The largest absolute Gasteiger partial charge is 0.489 e. The van der Waals surface area contributed by atoms with Gasteiger partial charge in [0.15, 0.2) is 5.16 Å². The number of benzene rings is 2. The molecular weight excluding hydrogens is 434 g/mol. The van der Waals surface area contributed by atoms with Gasteiger partial charge >= 0.3 is 0 Å². The number of nitrogens with zero attached hydrogens (tertiary/aromatic N) is 1. The molecule has 1 aliphatic rings. The lowest BCUT2D eigenvalue weighted by Gasteiger charge is -2.26. The molecule has 0 aliphatic carbocycles. The van der Waals surface area contributed by atoms with Crippen LogP contribution >= 0.6 is 23.4 Å². The van der Waals surface area contributed by atoms with Gasteiger partial charge < -0.3 is 15.0 Å². The summed E-state index contributed by atoms with van der Waals surface area (Å²) in [6, 6.07) is 14.9. The van der Waals surface area contributed by atoms with Crippen LogP contribution in [-0.4, -0.2) is 22.5 Å². The number of thioether (sulfide) groups is 1. The molecule has 0 radical (unpaired) electrons. The maximum absolute atomic E-state index is 13.0. The van der Waals surface area contributed by atoms with E-state index >= 15 is 0 Å². The second kappa shape index (κ2) is 9.41. The Morgan fingerprint density at radius 2 is 1.97 bits per heavy atom. The quantitative estimate of drug-likeness (QED) is 0.306. The number of fused-ring (bicyclic) bond motifs is 1. The minimum absolute atomic E-state index is 0.142. The highest BCUT2D eigenvalue weighted by Gasteiger charge is 2.32. The van der Waals surface area contributed by atoms with Gasteiger partial charge in [0.25, 0.3) is 5.56 Å². The first-order valence-corrected chi connectivity index (χ1v) is 11.1. The van der Waals surface area contributed by atoms with Gasteiger partial charge in [-0.15, -0.1) is 0 Å². The summed E-state index contributed by atoms with van der Waals surface area (Å²) in [4.78, 5) is 32.8. The van der Waals surface area contributed by atoms with Gasteiger partial charge in [-0.25, -0.2) is 4.98 Å². The third-order valence-corrected chi connectivity index (χ3v) is 6.07. The maximum Gasteiger partial charge on any atom is 0.257 e. The van der Waals surface area contributed by atoms with Crippen molar-refractivity contribution in [2.45, 2.75) is 23.2 Å². The zero-order chi connectivity index (χ0) is 21.8. The van der Waals surface area contributed by atoms with Gasteiger partial charge in [0.2, 0.25) is 5.91 Å². The molecule has 2 heterocycles. The molecule has 1 atom stereocenters. The van der Waals surface area contributed by atoms with Gasteiger partial charge in [-0.2, -0.15) is 0 Å². The number of rotatable bonds is 7. The lowest BCUT2D eigenvalue weighted by atomic mass is 9.86. The lowest BCUT2D eigenvalue weighted by Crippen LogP contribution is -2.31. The van der Waals surface area contributed by atoms with E-state index < -0.39 is 5.92 Å². The fourth-order valence-corrected chi connectivity index (χ4v) is 4.41. The number of aromatic amines is 1. The van der Waals surface area contributed by atoms with Crippen molar-refractivity contribution in [2.75, 3.05) is 11.9 Å². The molecule has 1 aromatic heterocycles. The van der Waals surface area contributed by atoms with Gasteiger partial charge in [0.1, 0.15) is 18.2 Å². The van der Waals surface area contributed by atoms with Crippen molar-refractivity contribution >= 4 is 35.1 Å². The van der Waals surface area contributed by atoms with Gasteiger partial charge in [-0.3, -0.25) is 9.59 Å². The van der Waals surface area contributed by atoms with Gasteiger partial charge in [0.05, 0.1) is 5.56 Å². The molecule has 6 nitrogen and oxygen atoms in total. The normalized spacial score (nSPS) is 15.1. The molecule has 31 heavy (non-hydrogen) atoms. The van der Waals surface area contributed by atoms with Crippen molar-refractivity contribution in [3.05, 3.63) is 93.3 Å². The average molecular weight is 454 g/mol. The molecule has 2 aromatic carbocycles. The third-order valence-electron chi connectivity index (χ3n) is 4.87. The number of para-hydroxylation sites is 1. The van der Waals surface area contributed by atoms with E-state index in [1.165, 1.54) is 11.8 Å². The summed E-state index contributed by atoms with van der Waals surface area (Å²) in [7, 11) is 0. The number of carbonyl (C=O) groups is 1. The minimum Gasteiger partial charge on any atom is -0.489 e. The maximum atomic E-state index is 13.0. The molecular formula is C23H20ClN3O3S. The summed E-state index contributed by atoms with van der Waals surface area (Å²) >= 11 is 7.31. The summed E-state index contributed by atoms with van der Waals surface area (Å²) in [6.07, 6.45) is 1.79. The summed E-state index contributed by atoms with van der Waals surface area (Å²) in [5.41, 5.74) is 1.98. The SMILES string of the molecule is C=CCOc1ccccc1[C@@H]1CC(=O)Nc2nc(SCc3ccc(Cl)cc3)[nH]c(=O)c21. The smallest absolute Gasteiger partial charge is 0.257 e. The number of halogens is 1. The first-order valence-electron chi connectivity index (χ1n) is 9.69. The van der Waals surface area contributed by atoms with Crippen LogP contribution in [0.4, 0.5) is 5.82 Å². The molecule has 158 valence electrons. The van der Waals surface area contributed by atoms with Crippen molar-refractivity contribution in [1.29, 1.82) is 0 Å². The zero-order valence-corrected chi connectivity index (χ0v) is 18.1. The van der Waals surface area contributed by atoms with Gasteiger partial charge in [-0.05, 0) is 23.8 Å². The van der Waals surface area contributed by atoms with Crippen LogP contribution < -0.4 is 15.6 Å². The fraction of sp³-hybridized carbons (Fsp3) is 0.174. The predicted molar refractivity (Wildman–Crippen MR) is 123 cm³/mol. The number of carbonyl (C=O) groups excluding carboxylic acids is 1. The average Bonchev–Trinajstić information content (AvgIpc) is 2.76. The first-order chi connectivity index (χ1) is 15.0. The molecule has 0 bridgehead atoms. The number of hydrogen-bond acceptors (Lipinski definition) is 5. The second-order valence-corrected chi connectivity index (χ2v) is 8.39. The van der Waals surface area contributed by atoms with Gasteiger partial charge in [0, 0.05) is 28.7 Å². The van der Waals surface area contributed by atoms with Crippen LogP contribution in [0.1, 0.15) is 29.0 Å². The Hall–Kier alpha value is -3.03. The Morgan fingerprint density at radius 3 is 2.74 bits per heavy atom. The number of ether oxygens (including phenoxy) is 1. The first kappa shape index (κ1) is 21.2. The van der Waals surface area contributed by atoms with E-state index in [1.54, 1.807) is 6.08 Å². The van der Waals surface area contributed by atoms with Crippen molar-refractivity contribution in [2.24, 2.45) is 0 Å². The molecule has 4 rings (SSSR count). The standard InChI is InChI=1S/C23H20ClN3O3S/c1-2-11-30-18-6-4-3-5-16(18)17-12-19(28)25-21-20(17)22(29)27-23(26-21)31-13-14-7-9-15(24)10-8-14/h2-10,17H,1,11-13H2,(H2,25,26,27,28,29)/t17-/m0/s1. The molecule has 0 fully saturated rings. The Kier molecular flexibility index (Phi) is 6.44. The van der Waals surface area contributed by atoms with E-state index in [4.69, 9.17) is 16.3 Å². The van der Waals surface area contributed by atoms with Crippen LogP contribution in [0.25, 0.3) is 0 Å². The number of hydrogen-bond donors (Lipinski definition) is 2. The van der Waals surface area contributed by atoms with Crippen LogP contribution in [-0.2, 0) is 10.5 Å². The zero-order valence-electron chi connectivity index (χ0n) is 16.6. The van der Waals surface area contributed by atoms with E-state index in [2.05, 4.69) is 21.9 Å². The van der Waals surface area contributed by atoms with E-state index in [1.807, 2.05) is 48.5 Å². The molecule has 0 spiro atoms. The molecule has 8 heteroatoms. The van der Waals surface area contributed by atoms with Crippen LogP contribution in [0.15, 0.2) is 71.1 Å². The Morgan fingerprint density at radius 1 is 1.19 bits per heavy atom. The van der Waals surface area contributed by atoms with E-state index in [9.17, 15) is 9.59 Å². The minimum atomic E-state index is -0.448. The molecule has 1 aliphatic heterocycles. The number of amides is 1. The Balaban J connectivity index is 1.65. The number of nitrogens with one attached hydrogen (secondary N) is 2. The highest BCUT2D eigenvalue weighted by atomic mass is 35.5. The lowest BCUT2D eigenvalue weighted by molar-refractivity contribution is -0.116. The van der Waals surface area contributed by atoms with Crippen molar-refractivity contribution < 1.29 is 9.53 Å². The summed E-state index contributed by atoms with van der Waals surface area (Å²) in [6.45, 7) is 4.00. The van der Waals surface area contributed by atoms with Crippen molar-refractivity contribution in [3.8, 4) is 5.75 Å². The van der Waals surface area contributed by atoms with E-state index in [0.29, 0.717) is 39.7 Å².